The van der Waals surface area contributed by atoms with Crippen LogP contribution in [0.25, 0.3) is 0 Å². The number of ether oxygens (including phenoxy) is 1. The third-order valence-corrected chi connectivity index (χ3v) is 3.50. The number of urea groups is 1. The maximum atomic E-state index is 13.9. The van der Waals surface area contributed by atoms with E-state index in [0.29, 0.717) is 32.6 Å². The molecule has 1 unspecified atom stereocenters. The lowest BCUT2D eigenvalue weighted by Gasteiger charge is -2.30. The molecule has 1 atom stereocenters. The van der Waals surface area contributed by atoms with Gasteiger partial charge in [0.05, 0.1) is 13.2 Å². The van der Waals surface area contributed by atoms with Crippen LogP contribution in [0, 0.1) is 11.6 Å². The number of nitrogens with zero attached hydrogens (tertiary/aromatic N) is 5. The van der Waals surface area contributed by atoms with Crippen molar-refractivity contribution in [2.45, 2.75) is 6.17 Å². The summed E-state index contributed by atoms with van der Waals surface area (Å²) < 4.78 is 32.9. The Hall–Kier alpha value is -2.62. The second-order valence-corrected chi connectivity index (χ2v) is 4.87. The van der Waals surface area contributed by atoms with Crippen molar-refractivity contribution in [3.63, 3.8) is 0 Å². The zero-order valence-corrected chi connectivity index (χ0v) is 11.9. The molecule has 3 rings (SSSR count). The summed E-state index contributed by atoms with van der Waals surface area (Å²) in [6.07, 6.45) is -0.999. The maximum Gasteiger partial charge on any atom is 0.344 e. The van der Waals surface area contributed by atoms with Gasteiger partial charge in [-0.1, -0.05) is 6.07 Å². The van der Waals surface area contributed by atoms with Crippen LogP contribution < -0.4 is 5.01 Å². The topological polar surface area (TPSA) is 77.8 Å². The molecule has 23 heavy (non-hydrogen) atoms. The Balaban J connectivity index is 1.85. The van der Waals surface area contributed by atoms with E-state index in [-0.39, 0.29) is 0 Å². The molecule has 2 aliphatic rings. The number of morpholine rings is 1. The molecular formula is C13H13F2N5O3. The molecular weight excluding hydrogens is 312 g/mol. The molecule has 122 valence electrons. The molecule has 0 aliphatic carbocycles. The SMILES string of the molecule is O=CC1N(C(=O)N2CCOCC2)N=NN1c1c(F)cccc1F. The first kappa shape index (κ1) is 15.3. The van der Waals surface area contributed by atoms with Crippen LogP contribution in [0.3, 0.4) is 0 Å². The molecule has 2 heterocycles. The Kier molecular flexibility index (Phi) is 4.15. The Morgan fingerprint density at radius 3 is 2.48 bits per heavy atom. The number of carbonyl (C=O) groups excluding carboxylic acids is 2. The van der Waals surface area contributed by atoms with Gasteiger partial charge in [0.2, 0.25) is 6.17 Å². The molecule has 8 nitrogen and oxygen atoms in total. The lowest BCUT2D eigenvalue weighted by atomic mass is 10.2. The van der Waals surface area contributed by atoms with E-state index < -0.39 is 29.5 Å². The number of anilines is 1. The first-order valence-corrected chi connectivity index (χ1v) is 6.89. The average Bonchev–Trinajstić information content (AvgIpc) is 2.98. The summed E-state index contributed by atoms with van der Waals surface area (Å²) in [5.74, 6) is -1.81. The number of hydrogen-bond acceptors (Lipinski definition) is 6. The van der Waals surface area contributed by atoms with Crippen molar-refractivity contribution in [2.75, 3.05) is 31.3 Å². The highest BCUT2D eigenvalue weighted by Crippen LogP contribution is 2.30. The average molecular weight is 325 g/mol. The maximum absolute atomic E-state index is 13.9. The van der Waals surface area contributed by atoms with Crippen LogP contribution in [0.1, 0.15) is 0 Å². The minimum Gasteiger partial charge on any atom is -0.378 e. The third-order valence-electron chi connectivity index (χ3n) is 3.50. The number of carbonyl (C=O) groups is 2. The third kappa shape index (κ3) is 2.72. The molecule has 1 saturated heterocycles. The van der Waals surface area contributed by atoms with Crippen molar-refractivity contribution in [1.29, 1.82) is 0 Å². The highest BCUT2D eigenvalue weighted by atomic mass is 19.1. The van der Waals surface area contributed by atoms with Crippen molar-refractivity contribution in [3.05, 3.63) is 29.8 Å². The van der Waals surface area contributed by atoms with Crippen molar-refractivity contribution in [3.8, 4) is 0 Å². The largest absolute Gasteiger partial charge is 0.378 e. The lowest BCUT2D eigenvalue weighted by molar-refractivity contribution is -0.111. The summed E-state index contributed by atoms with van der Waals surface area (Å²) in [4.78, 5) is 25.2. The van der Waals surface area contributed by atoms with E-state index in [9.17, 15) is 18.4 Å². The molecule has 2 amide bonds. The Morgan fingerprint density at radius 1 is 1.22 bits per heavy atom. The fraction of sp³-hybridized carbons (Fsp3) is 0.385. The Labute approximate surface area is 129 Å². The summed E-state index contributed by atoms with van der Waals surface area (Å²) in [6.45, 7) is 1.41. The van der Waals surface area contributed by atoms with Crippen molar-refractivity contribution in [1.82, 2.24) is 9.91 Å². The van der Waals surface area contributed by atoms with Gasteiger partial charge in [0.25, 0.3) is 0 Å². The van der Waals surface area contributed by atoms with Gasteiger partial charge in [-0.15, -0.1) is 0 Å². The molecule has 1 aromatic carbocycles. The van der Waals surface area contributed by atoms with Crippen molar-refractivity contribution in [2.24, 2.45) is 10.4 Å². The summed E-state index contributed by atoms with van der Waals surface area (Å²) in [6, 6.07) is 2.67. The molecule has 2 aliphatic heterocycles. The van der Waals surface area contributed by atoms with E-state index in [1.807, 2.05) is 0 Å². The van der Waals surface area contributed by atoms with Crippen LogP contribution in [0.2, 0.25) is 0 Å². The first-order valence-electron chi connectivity index (χ1n) is 6.89. The van der Waals surface area contributed by atoms with Gasteiger partial charge in [-0.25, -0.2) is 18.6 Å². The Morgan fingerprint density at radius 2 is 1.87 bits per heavy atom. The van der Waals surface area contributed by atoms with Crippen LogP contribution in [0.15, 0.2) is 28.6 Å². The lowest BCUT2D eigenvalue weighted by Crippen LogP contribution is -2.51. The number of benzene rings is 1. The number of amides is 2. The van der Waals surface area contributed by atoms with Gasteiger partial charge < -0.3 is 9.64 Å². The molecule has 0 bridgehead atoms. The van der Waals surface area contributed by atoms with E-state index in [1.165, 1.54) is 11.0 Å². The number of para-hydroxylation sites is 1. The predicted octanol–water partition coefficient (Wildman–Crippen LogP) is 1.35. The summed E-state index contributed by atoms with van der Waals surface area (Å²) >= 11 is 0. The minimum atomic E-state index is -1.35. The smallest absolute Gasteiger partial charge is 0.344 e. The second-order valence-electron chi connectivity index (χ2n) is 4.87. The molecule has 0 spiro atoms. The van der Waals surface area contributed by atoms with E-state index >= 15 is 0 Å². The molecule has 10 heteroatoms. The van der Waals surface area contributed by atoms with Crippen molar-refractivity contribution >= 4 is 18.0 Å². The van der Waals surface area contributed by atoms with Crippen LogP contribution >= 0.6 is 0 Å². The standard InChI is InChI=1S/C13H13F2N5O3/c14-9-2-1-3-10(15)12(9)19-11(8-21)20(17-16-19)13(22)18-4-6-23-7-5-18/h1-3,8,11H,4-7H2. The number of aldehydes is 1. The van der Waals surface area contributed by atoms with Crippen LogP contribution in [-0.4, -0.2) is 54.7 Å². The normalized spacial score (nSPS) is 21.0. The van der Waals surface area contributed by atoms with Gasteiger partial charge in [0.1, 0.15) is 5.69 Å². The van der Waals surface area contributed by atoms with E-state index in [4.69, 9.17) is 4.74 Å². The molecule has 0 radical (unpaired) electrons. The van der Waals surface area contributed by atoms with Gasteiger partial charge in [0, 0.05) is 13.1 Å². The number of rotatable bonds is 2. The zero-order chi connectivity index (χ0) is 16.4. The molecule has 0 saturated carbocycles. The summed E-state index contributed by atoms with van der Waals surface area (Å²) in [5.41, 5.74) is -0.536. The van der Waals surface area contributed by atoms with Crippen molar-refractivity contribution < 1.29 is 23.1 Å². The van der Waals surface area contributed by atoms with Crippen LogP contribution in [0.5, 0.6) is 0 Å². The quantitative estimate of drug-likeness (QED) is 0.769. The monoisotopic (exact) mass is 325 g/mol. The molecule has 0 N–H and O–H groups in total. The van der Waals surface area contributed by atoms with E-state index in [1.54, 1.807) is 0 Å². The highest BCUT2D eigenvalue weighted by Gasteiger charge is 2.39. The summed E-state index contributed by atoms with van der Waals surface area (Å²) in [7, 11) is 0. The first-order chi connectivity index (χ1) is 11.1. The van der Waals surface area contributed by atoms with E-state index in [2.05, 4.69) is 10.4 Å². The minimum absolute atomic E-state index is 0.338. The zero-order valence-electron chi connectivity index (χ0n) is 11.9. The van der Waals surface area contributed by atoms with Gasteiger partial charge >= 0.3 is 6.03 Å². The molecule has 1 aromatic rings. The fourth-order valence-electron chi connectivity index (χ4n) is 2.35. The number of halogens is 2. The fourth-order valence-corrected chi connectivity index (χ4v) is 2.35. The van der Waals surface area contributed by atoms with Gasteiger partial charge in [-0.2, -0.15) is 5.01 Å². The van der Waals surface area contributed by atoms with Gasteiger partial charge in [-0.05, 0) is 22.6 Å². The van der Waals surface area contributed by atoms with E-state index in [0.717, 1.165) is 22.2 Å². The Bertz CT molecular complexity index is 630. The molecule has 0 aromatic heterocycles. The van der Waals surface area contributed by atoms with Crippen LogP contribution in [-0.2, 0) is 9.53 Å². The highest BCUT2D eigenvalue weighted by molar-refractivity contribution is 5.80. The number of hydrogen-bond donors (Lipinski definition) is 0. The van der Waals surface area contributed by atoms with Gasteiger partial charge in [-0.3, -0.25) is 4.79 Å². The van der Waals surface area contributed by atoms with Gasteiger partial charge in [0.15, 0.2) is 17.9 Å². The predicted molar refractivity (Wildman–Crippen MR) is 73.2 cm³/mol. The summed E-state index contributed by atoms with van der Waals surface area (Å²) in [5, 5.41) is 8.70. The second kappa shape index (κ2) is 6.24. The van der Waals surface area contributed by atoms with Crippen LogP contribution in [0.4, 0.5) is 19.3 Å². The molecule has 1 fully saturated rings.